The van der Waals surface area contributed by atoms with E-state index in [9.17, 15) is 0 Å². The van der Waals surface area contributed by atoms with Crippen molar-refractivity contribution in [2.24, 2.45) is 0 Å². The molecule has 1 aliphatic rings. The van der Waals surface area contributed by atoms with E-state index >= 15 is 0 Å². The Hall–Kier alpha value is -2.00. The highest BCUT2D eigenvalue weighted by Crippen LogP contribution is 2.31. The average molecular weight is 252 g/mol. The molecule has 1 unspecified atom stereocenters. The third kappa shape index (κ3) is 2.17. The van der Waals surface area contributed by atoms with Crippen LogP contribution in [-0.4, -0.2) is 18.2 Å². The first-order valence-corrected chi connectivity index (χ1v) is 6.53. The molecule has 1 radical (unpaired) electrons. The maximum Gasteiger partial charge on any atom is 0.159 e. The molecule has 97 valence electrons. The monoisotopic (exact) mass is 252 g/mol. The summed E-state index contributed by atoms with van der Waals surface area (Å²) >= 11 is 0. The van der Waals surface area contributed by atoms with Crippen LogP contribution in [0.2, 0.25) is 0 Å². The molecule has 0 N–H and O–H groups in total. The predicted octanol–water partition coefficient (Wildman–Crippen LogP) is 3.33. The minimum absolute atomic E-state index is 0.294. The third-order valence-corrected chi connectivity index (χ3v) is 3.59. The van der Waals surface area contributed by atoms with Gasteiger partial charge in [-0.3, -0.25) is 5.01 Å². The Balaban J connectivity index is 1.88. The van der Waals surface area contributed by atoms with Crippen molar-refractivity contribution in [2.75, 3.05) is 17.0 Å². The molecule has 0 aliphatic carbocycles. The maximum atomic E-state index is 2.27. The zero-order valence-corrected chi connectivity index (χ0v) is 11.3. The van der Waals surface area contributed by atoms with Crippen LogP contribution >= 0.6 is 0 Å². The van der Waals surface area contributed by atoms with Gasteiger partial charge in [-0.15, -0.1) is 0 Å². The molecule has 1 atom stereocenters. The van der Waals surface area contributed by atoms with E-state index in [0.29, 0.717) is 6.17 Å². The Morgan fingerprint density at radius 2 is 1.32 bits per heavy atom. The lowest BCUT2D eigenvalue weighted by Gasteiger charge is -2.26. The quantitative estimate of drug-likeness (QED) is 0.811. The van der Waals surface area contributed by atoms with Crippen molar-refractivity contribution in [3.63, 3.8) is 0 Å². The Bertz CT molecular complexity index is 477. The zero-order valence-electron chi connectivity index (χ0n) is 11.3. The number of nitrogens with zero attached hydrogens (tertiary/aromatic N) is 3. The van der Waals surface area contributed by atoms with Crippen LogP contribution in [0.1, 0.15) is 6.92 Å². The number of anilines is 2. The molecule has 0 spiro atoms. The average Bonchev–Trinajstić information content (AvgIpc) is 2.77. The summed E-state index contributed by atoms with van der Waals surface area (Å²) in [7, 11) is 2.11. The van der Waals surface area contributed by atoms with Gasteiger partial charge in [0.1, 0.15) is 0 Å². The molecular formula is C16H18N3. The van der Waals surface area contributed by atoms with Gasteiger partial charge in [0, 0.05) is 12.7 Å². The lowest BCUT2D eigenvalue weighted by molar-refractivity contribution is 0.307. The summed E-state index contributed by atoms with van der Waals surface area (Å²) in [6.45, 7) is 4.35. The molecule has 1 saturated heterocycles. The van der Waals surface area contributed by atoms with E-state index in [2.05, 4.69) is 84.1 Å². The Kier molecular flexibility index (Phi) is 3.13. The summed E-state index contributed by atoms with van der Waals surface area (Å²) in [5.41, 5.74) is 2.38. The summed E-state index contributed by atoms with van der Waals surface area (Å²) in [5.74, 6) is 0. The second kappa shape index (κ2) is 4.94. The van der Waals surface area contributed by atoms with Crippen LogP contribution in [0.5, 0.6) is 0 Å². The van der Waals surface area contributed by atoms with Crippen molar-refractivity contribution in [2.45, 2.75) is 13.1 Å². The van der Waals surface area contributed by atoms with E-state index in [4.69, 9.17) is 0 Å². The Morgan fingerprint density at radius 3 is 1.89 bits per heavy atom. The lowest BCUT2D eigenvalue weighted by atomic mass is 10.3. The topological polar surface area (TPSA) is 9.72 Å². The van der Waals surface area contributed by atoms with Gasteiger partial charge in [0.15, 0.2) is 6.67 Å². The smallest absolute Gasteiger partial charge is 0.159 e. The SMILES string of the molecule is CC1N(c2ccccc2)[CH]N(c2ccccc2)N1C. The number of rotatable bonds is 2. The van der Waals surface area contributed by atoms with Gasteiger partial charge in [0.2, 0.25) is 0 Å². The van der Waals surface area contributed by atoms with Crippen molar-refractivity contribution < 1.29 is 0 Å². The molecule has 3 rings (SSSR count). The minimum atomic E-state index is 0.294. The zero-order chi connectivity index (χ0) is 13.2. The summed E-state index contributed by atoms with van der Waals surface area (Å²) in [4.78, 5) is 2.27. The van der Waals surface area contributed by atoms with Crippen LogP contribution in [0, 0.1) is 6.67 Å². The second-order valence-electron chi connectivity index (χ2n) is 4.74. The van der Waals surface area contributed by atoms with Gasteiger partial charge in [-0.1, -0.05) is 36.4 Å². The first-order chi connectivity index (χ1) is 9.27. The number of hydrogen-bond donors (Lipinski definition) is 0. The van der Waals surface area contributed by atoms with E-state index in [1.165, 1.54) is 11.4 Å². The molecule has 1 aliphatic heterocycles. The minimum Gasteiger partial charge on any atom is -0.329 e. The van der Waals surface area contributed by atoms with Crippen LogP contribution in [0.15, 0.2) is 60.7 Å². The van der Waals surface area contributed by atoms with Crippen LogP contribution < -0.4 is 9.91 Å². The van der Waals surface area contributed by atoms with Gasteiger partial charge < -0.3 is 4.90 Å². The summed E-state index contributed by atoms with van der Waals surface area (Å²) in [5, 5.41) is 4.40. The van der Waals surface area contributed by atoms with E-state index in [-0.39, 0.29) is 0 Å². The number of hydrazine groups is 1. The largest absolute Gasteiger partial charge is 0.329 e. The number of benzene rings is 2. The first-order valence-electron chi connectivity index (χ1n) is 6.53. The van der Waals surface area contributed by atoms with Gasteiger partial charge in [-0.05, 0) is 31.2 Å². The normalized spacial score (nSPS) is 20.0. The van der Waals surface area contributed by atoms with E-state index in [0.717, 1.165) is 0 Å². The van der Waals surface area contributed by atoms with Crippen molar-refractivity contribution in [1.29, 1.82) is 0 Å². The molecule has 1 fully saturated rings. The third-order valence-electron chi connectivity index (χ3n) is 3.59. The van der Waals surface area contributed by atoms with Gasteiger partial charge >= 0.3 is 0 Å². The van der Waals surface area contributed by atoms with Crippen molar-refractivity contribution >= 4 is 11.4 Å². The van der Waals surface area contributed by atoms with E-state index < -0.39 is 0 Å². The highest BCUT2D eigenvalue weighted by Gasteiger charge is 2.33. The molecule has 2 aromatic carbocycles. The molecule has 19 heavy (non-hydrogen) atoms. The van der Waals surface area contributed by atoms with E-state index in [1.807, 2.05) is 12.1 Å². The standard InChI is InChI=1S/C16H18N3/c1-14-17(2)19(16-11-7-4-8-12-16)13-18(14)15-9-5-3-6-10-15/h3-14H,1-2H3. The van der Waals surface area contributed by atoms with Crippen LogP contribution in [0.4, 0.5) is 11.4 Å². The molecule has 1 heterocycles. The number of hydrogen-bond acceptors (Lipinski definition) is 3. The first kappa shape index (κ1) is 12.1. The fourth-order valence-electron chi connectivity index (χ4n) is 2.37. The van der Waals surface area contributed by atoms with Crippen LogP contribution in [0.3, 0.4) is 0 Å². The van der Waals surface area contributed by atoms with Crippen molar-refractivity contribution in [3.8, 4) is 0 Å². The van der Waals surface area contributed by atoms with Gasteiger partial charge in [-0.2, -0.15) is 5.01 Å². The number of para-hydroxylation sites is 2. The maximum absolute atomic E-state index is 2.27. The van der Waals surface area contributed by atoms with Crippen molar-refractivity contribution in [3.05, 3.63) is 67.3 Å². The second-order valence-corrected chi connectivity index (χ2v) is 4.74. The Morgan fingerprint density at radius 1 is 0.789 bits per heavy atom. The highest BCUT2D eigenvalue weighted by atomic mass is 15.7. The van der Waals surface area contributed by atoms with E-state index in [1.54, 1.807) is 0 Å². The summed E-state index contributed by atoms with van der Waals surface area (Å²) in [6, 6.07) is 20.9. The molecule has 3 nitrogen and oxygen atoms in total. The molecule has 0 aromatic heterocycles. The molecule has 0 saturated carbocycles. The fourth-order valence-corrected chi connectivity index (χ4v) is 2.37. The van der Waals surface area contributed by atoms with Crippen LogP contribution in [-0.2, 0) is 0 Å². The van der Waals surface area contributed by atoms with Crippen molar-refractivity contribution in [1.82, 2.24) is 5.01 Å². The molecular weight excluding hydrogens is 234 g/mol. The van der Waals surface area contributed by atoms with Gasteiger partial charge in [-0.25, -0.2) is 0 Å². The fraction of sp³-hybridized carbons (Fsp3) is 0.188. The van der Waals surface area contributed by atoms with Gasteiger partial charge in [0.25, 0.3) is 0 Å². The summed E-state index contributed by atoms with van der Waals surface area (Å²) < 4.78 is 0. The Labute approximate surface area is 114 Å². The molecule has 2 aromatic rings. The molecule has 0 amide bonds. The predicted molar refractivity (Wildman–Crippen MR) is 79.4 cm³/mol. The summed E-state index contributed by atoms with van der Waals surface area (Å²) in [6.07, 6.45) is 0.294. The van der Waals surface area contributed by atoms with Gasteiger partial charge in [0.05, 0.1) is 11.9 Å². The molecule has 3 heteroatoms. The highest BCUT2D eigenvalue weighted by molar-refractivity contribution is 5.57. The lowest BCUT2D eigenvalue weighted by Crippen LogP contribution is -2.37. The molecule has 0 bridgehead atoms. The van der Waals surface area contributed by atoms with Crippen LogP contribution in [0.25, 0.3) is 0 Å².